The first-order valence-electron chi connectivity index (χ1n) is 8.33. The van der Waals surface area contributed by atoms with Gasteiger partial charge in [-0.3, -0.25) is 9.48 Å². The zero-order valence-electron chi connectivity index (χ0n) is 15.6. The molecule has 0 radical (unpaired) electrons. The molecule has 0 saturated heterocycles. The van der Waals surface area contributed by atoms with E-state index in [1.54, 1.807) is 24.7 Å². The lowest BCUT2D eigenvalue weighted by atomic mass is 10.1. The van der Waals surface area contributed by atoms with E-state index in [2.05, 4.69) is 15.6 Å². The Bertz CT molecular complexity index is 936. The SMILES string of the molecule is Cc1cc(NC(=O)c2noc(C)c2COc2c(C)cccc2C)n(C)n1. The Morgan fingerprint density at radius 3 is 2.54 bits per heavy atom. The molecule has 0 aliphatic carbocycles. The van der Waals surface area contributed by atoms with E-state index in [9.17, 15) is 4.79 Å². The summed E-state index contributed by atoms with van der Waals surface area (Å²) in [5.41, 5.74) is 3.74. The monoisotopic (exact) mass is 354 g/mol. The summed E-state index contributed by atoms with van der Waals surface area (Å²) in [5.74, 6) is 1.60. The van der Waals surface area contributed by atoms with Crippen LogP contribution in [0.4, 0.5) is 5.82 Å². The number of hydrogen-bond acceptors (Lipinski definition) is 5. The van der Waals surface area contributed by atoms with Crippen LogP contribution in [0.5, 0.6) is 5.75 Å². The van der Waals surface area contributed by atoms with Crippen molar-refractivity contribution in [2.45, 2.75) is 34.3 Å². The first-order valence-corrected chi connectivity index (χ1v) is 8.33. The van der Waals surface area contributed by atoms with Gasteiger partial charge in [-0.05, 0) is 38.8 Å². The first kappa shape index (κ1) is 17.7. The molecule has 2 heterocycles. The molecule has 7 nitrogen and oxygen atoms in total. The van der Waals surface area contributed by atoms with Gasteiger partial charge in [0.1, 0.15) is 23.9 Å². The van der Waals surface area contributed by atoms with Gasteiger partial charge in [0.2, 0.25) is 0 Å². The molecule has 0 aliphatic heterocycles. The average Bonchev–Trinajstić information content (AvgIpc) is 3.09. The van der Waals surface area contributed by atoms with E-state index in [4.69, 9.17) is 9.26 Å². The Morgan fingerprint density at radius 1 is 1.23 bits per heavy atom. The normalized spacial score (nSPS) is 10.8. The van der Waals surface area contributed by atoms with Gasteiger partial charge in [-0.25, -0.2) is 0 Å². The molecule has 0 spiro atoms. The molecule has 0 saturated carbocycles. The third-order valence-electron chi connectivity index (χ3n) is 4.21. The lowest BCUT2D eigenvalue weighted by molar-refractivity contribution is 0.101. The average molecular weight is 354 g/mol. The predicted molar refractivity (Wildman–Crippen MR) is 97.4 cm³/mol. The number of ether oxygens (including phenoxy) is 1. The fourth-order valence-electron chi connectivity index (χ4n) is 2.81. The van der Waals surface area contributed by atoms with Gasteiger partial charge in [0.25, 0.3) is 5.91 Å². The molecule has 0 atom stereocenters. The highest BCUT2D eigenvalue weighted by molar-refractivity contribution is 6.03. The Morgan fingerprint density at radius 2 is 1.92 bits per heavy atom. The number of aryl methyl sites for hydroxylation is 5. The fraction of sp³-hybridized carbons (Fsp3) is 0.316. The van der Waals surface area contributed by atoms with Crippen molar-refractivity contribution < 1.29 is 14.1 Å². The Hall–Kier alpha value is -3.09. The van der Waals surface area contributed by atoms with E-state index >= 15 is 0 Å². The Labute approximate surface area is 151 Å². The zero-order chi connectivity index (χ0) is 18.8. The van der Waals surface area contributed by atoms with Crippen molar-refractivity contribution in [2.75, 3.05) is 5.32 Å². The van der Waals surface area contributed by atoms with Crippen LogP contribution < -0.4 is 10.1 Å². The minimum Gasteiger partial charge on any atom is -0.488 e. The zero-order valence-corrected chi connectivity index (χ0v) is 15.6. The molecule has 2 aromatic heterocycles. The maximum Gasteiger partial charge on any atom is 0.279 e. The van der Waals surface area contributed by atoms with Gasteiger partial charge in [0, 0.05) is 13.1 Å². The summed E-state index contributed by atoms with van der Waals surface area (Å²) in [5, 5.41) is 10.9. The van der Waals surface area contributed by atoms with Gasteiger partial charge in [-0.15, -0.1) is 0 Å². The molecule has 3 rings (SSSR count). The topological polar surface area (TPSA) is 82.2 Å². The van der Waals surface area contributed by atoms with E-state index in [1.807, 2.05) is 39.0 Å². The third kappa shape index (κ3) is 3.46. The van der Waals surface area contributed by atoms with Gasteiger partial charge in [0.05, 0.1) is 11.3 Å². The molecule has 0 aliphatic rings. The molecule has 3 aromatic rings. The molecule has 0 unspecified atom stereocenters. The molecule has 1 N–H and O–H groups in total. The van der Waals surface area contributed by atoms with Crippen LogP contribution in [0.15, 0.2) is 28.8 Å². The largest absolute Gasteiger partial charge is 0.488 e. The van der Waals surface area contributed by atoms with E-state index < -0.39 is 0 Å². The van der Waals surface area contributed by atoms with Crippen molar-refractivity contribution in [1.29, 1.82) is 0 Å². The third-order valence-corrected chi connectivity index (χ3v) is 4.21. The lowest BCUT2D eigenvalue weighted by Crippen LogP contribution is -2.17. The summed E-state index contributed by atoms with van der Waals surface area (Å²) in [6, 6.07) is 7.75. The number of aromatic nitrogens is 3. The second kappa shape index (κ2) is 7.03. The van der Waals surface area contributed by atoms with Crippen LogP contribution in [-0.2, 0) is 13.7 Å². The highest BCUT2D eigenvalue weighted by atomic mass is 16.5. The number of para-hydroxylation sites is 1. The summed E-state index contributed by atoms with van der Waals surface area (Å²) in [4.78, 5) is 12.6. The minimum atomic E-state index is -0.357. The van der Waals surface area contributed by atoms with Crippen LogP contribution in [-0.4, -0.2) is 20.8 Å². The van der Waals surface area contributed by atoms with Gasteiger partial charge in [-0.1, -0.05) is 23.4 Å². The number of nitrogens with one attached hydrogen (secondary N) is 1. The Kier molecular flexibility index (Phi) is 4.79. The predicted octanol–water partition coefficient (Wildman–Crippen LogP) is 3.47. The van der Waals surface area contributed by atoms with Crippen molar-refractivity contribution >= 4 is 11.7 Å². The maximum atomic E-state index is 12.6. The van der Waals surface area contributed by atoms with Gasteiger partial charge < -0.3 is 14.6 Å². The summed E-state index contributed by atoms with van der Waals surface area (Å²) in [6.07, 6.45) is 0. The van der Waals surface area contributed by atoms with Crippen molar-refractivity contribution in [3.63, 3.8) is 0 Å². The molecule has 26 heavy (non-hydrogen) atoms. The quantitative estimate of drug-likeness (QED) is 0.758. The van der Waals surface area contributed by atoms with Crippen LogP contribution in [0.1, 0.15) is 38.6 Å². The van der Waals surface area contributed by atoms with E-state index in [0.717, 1.165) is 22.6 Å². The second-order valence-electron chi connectivity index (χ2n) is 6.32. The highest BCUT2D eigenvalue weighted by Crippen LogP contribution is 2.25. The molecule has 0 bridgehead atoms. The number of benzene rings is 1. The number of rotatable bonds is 5. The van der Waals surface area contributed by atoms with Crippen LogP contribution in [0.2, 0.25) is 0 Å². The van der Waals surface area contributed by atoms with Crippen LogP contribution in [0.25, 0.3) is 0 Å². The molecule has 136 valence electrons. The van der Waals surface area contributed by atoms with E-state index in [1.165, 1.54) is 0 Å². The van der Waals surface area contributed by atoms with Crippen molar-refractivity contribution in [1.82, 2.24) is 14.9 Å². The first-order chi connectivity index (χ1) is 12.4. The molecule has 1 aromatic carbocycles. The summed E-state index contributed by atoms with van der Waals surface area (Å²) >= 11 is 0. The minimum absolute atomic E-state index is 0.203. The van der Waals surface area contributed by atoms with E-state index in [0.29, 0.717) is 17.1 Å². The van der Waals surface area contributed by atoms with E-state index in [-0.39, 0.29) is 18.2 Å². The molecular formula is C19H22N4O3. The molecule has 0 fully saturated rings. The number of hydrogen-bond donors (Lipinski definition) is 1. The highest BCUT2D eigenvalue weighted by Gasteiger charge is 2.22. The number of anilines is 1. The number of nitrogens with zero attached hydrogens (tertiary/aromatic N) is 3. The second-order valence-corrected chi connectivity index (χ2v) is 6.32. The molecular weight excluding hydrogens is 332 g/mol. The van der Waals surface area contributed by atoms with Crippen molar-refractivity contribution in [3.05, 3.63) is 58.1 Å². The van der Waals surface area contributed by atoms with Crippen molar-refractivity contribution in [3.8, 4) is 5.75 Å². The summed E-state index contributed by atoms with van der Waals surface area (Å²) < 4.78 is 12.8. The molecule has 7 heteroatoms. The van der Waals surface area contributed by atoms with Crippen LogP contribution in [0, 0.1) is 27.7 Å². The summed E-state index contributed by atoms with van der Waals surface area (Å²) in [6.45, 7) is 7.80. The maximum absolute atomic E-state index is 12.6. The number of carbonyl (C=O) groups is 1. The van der Waals surface area contributed by atoms with Crippen LogP contribution in [0.3, 0.4) is 0 Å². The number of carbonyl (C=O) groups excluding carboxylic acids is 1. The number of amides is 1. The fourth-order valence-corrected chi connectivity index (χ4v) is 2.81. The Balaban J connectivity index is 1.80. The standard InChI is InChI=1S/C19H22N4O3/c1-11-7-6-8-12(2)18(11)25-10-15-14(4)26-22-17(15)19(24)20-16-9-13(3)21-23(16)5/h6-9H,10H2,1-5H3,(H,20,24). The van der Waals surface area contributed by atoms with Crippen LogP contribution >= 0.6 is 0 Å². The van der Waals surface area contributed by atoms with Gasteiger partial charge in [0.15, 0.2) is 5.69 Å². The summed E-state index contributed by atoms with van der Waals surface area (Å²) in [7, 11) is 1.77. The lowest BCUT2D eigenvalue weighted by Gasteiger charge is -2.12. The van der Waals surface area contributed by atoms with Gasteiger partial charge in [-0.2, -0.15) is 5.10 Å². The molecule has 1 amide bonds. The van der Waals surface area contributed by atoms with Gasteiger partial charge >= 0.3 is 0 Å². The van der Waals surface area contributed by atoms with Crippen molar-refractivity contribution in [2.24, 2.45) is 7.05 Å². The smallest absolute Gasteiger partial charge is 0.279 e.